The van der Waals surface area contributed by atoms with Crippen molar-refractivity contribution >= 4 is 11.7 Å². The number of carbonyl (C=O) groups is 1. The highest BCUT2D eigenvalue weighted by atomic mass is 16.4. The fourth-order valence-electron chi connectivity index (χ4n) is 3.06. The lowest BCUT2D eigenvalue weighted by Gasteiger charge is -2.33. The minimum Gasteiger partial charge on any atom is -0.478 e. The molecule has 0 aliphatic carbocycles. The van der Waals surface area contributed by atoms with Gasteiger partial charge in [0.15, 0.2) is 0 Å². The average molecular weight is 276 g/mol. The van der Waals surface area contributed by atoms with Gasteiger partial charge in [-0.05, 0) is 57.5 Å². The second-order valence-corrected chi connectivity index (χ2v) is 5.90. The molecule has 2 rings (SSSR count). The van der Waals surface area contributed by atoms with E-state index in [-0.39, 0.29) is 0 Å². The highest BCUT2D eigenvalue weighted by molar-refractivity contribution is 5.95. The van der Waals surface area contributed by atoms with Crippen molar-refractivity contribution in [2.75, 3.05) is 38.6 Å². The van der Waals surface area contributed by atoms with Crippen LogP contribution in [0.5, 0.6) is 0 Å². The van der Waals surface area contributed by atoms with Crippen LogP contribution in [-0.2, 0) is 0 Å². The van der Waals surface area contributed by atoms with Gasteiger partial charge in [-0.1, -0.05) is 12.1 Å². The second-order valence-electron chi connectivity index (χ2n) is 5.90. The van der Waals surface area contributed by atoms with Gasteiger partial charge in [-0.3, -0.25) is 0 Å². The molecule has 0 amide bonds. The second kappa shape index (κ2) is 6.27. The maximum Gasteiger partial charge on any atom is 0.337 e. The van der Waals surface area contributed by atoms with Crippen molar-refractivity contribution in [3.05, 3.63) is 29.3 Å². The fraction of sp³-hybridized carbons (Fsp3) is 0.562. The molecule has 0 saturated carbocycles. The number of carboxylic acid groups (broad SMARTS) is 1. The SMILES string of the molecule is Cc1cccc(C(=O)O)c1N(C)CC1CCN(C)CC1. The van der Waals surface area contributed by atoms with Gasteiger partial charge in [0.25, 0.3) is 0 Å². The van der Waals surface area contributed by atoms with Gasteiger partial charge in [0.1, 0.15) is 0 Å². The standard InChI is InChI=1S/C16H24N2O2/c1-12-5-4-6-14(16(19)20)15(12)18(3)11-13-7-9-17(2)10-8-13/h4-6,13H,7-11H2,1-3H3,(H,19,20). The fourth-order valence-corrected chi connectivity index (χ4v) is 3.06. The summed E-state index contributed by atoms with van der Waals surface area (Å²) in [6, 6.07) is 5.48. The number of hydrogen-bond donors (Lipinski definition) is 1. The number of likely N-dealkylation sites (tertiary alicyclic amines) is 1. The number of hydrogen-bond acceptors (Lipinski definition) is 3. The zero-order chi connectivity index (χ0) is 14.7. The quantitative estimate of drug-likeness (QED) is 0.917. The van der Waals surface area contributed by atoms with Crippen molar-refractivity contribution in [2.45, 2.75) is 19.8 Å². The molecule has 0 spiro atoms. The summed E-state index contributed by atoms with van der Waals surface area (Å²) in [5.41, 5.74) is 2.29. The van der Waals surface area contributed by atoms with Crippen molar-refractivity contribution in [2.24, 2.45) is 5.92 Å². The molecule has 0 atom stereocenters. The zero-order valence-electron chi connectivity index (χ0n) is 12.6. The summed E-state index contributed by atoms with van der Waals surface area (Å²) in [4.78, 5) is 15.9. The van der Waals surface area contributed by atoms with E-state index in [9.17, 15) is 9.90 Å². The minimum atomic E-state index is -0.848. The van der Waals surface area contributed by atoms with E-state index in [1.807, 2.05) is 26.1 Å². The van der Waals surface area contributed by atoms with E-state index < -0.39 is 5.97 Å². The van der Waals surface area contributed by atoms with E-state index in [4.69, 9.17) is 0 Å². The molecule has 1 heterocycles. The van der Waals surface area contributed by atoms with Crippen LogP contribution in [0.25, 0.3) is 0 Å². The Bertz CT molecular complexity index is 479. The van der Waals surface area contributed by atoms with Crippen molar-refractivity contribution in [1.82, 2.24) is 4.90 Å². The third kappa shape index (κ3) is 3.31. The molecular weight excluding hydrogens is 252 g/mol. The monoisotopic (exact) mass is 276 g/mol. The molecule has 1 N–H and O–H groups in total. The van der Waals surface area contributed by atoms with Gasteiger partial charge in [-0.15, -0.1) is 0 Å². The number of benzene rings is 1. The van der Waals surface area contributed by atoms with Crippen LogP contribution in [0.15, 0.2) is 18.2 Å². The number of aromatic carboxylic acids is 1. The molecular formula is C16H24N2O2. The largest absolute Gasteiger partial charge is 0.478 e. The van der Waals surface area contributed by atoms with Crippen LogP contribution in [0.4, 0.5) is 5.69 Å². The Balaban J connectivity index is 2.13. The van der Waals surface area contributed by atoms with Crippen LogP contribution < -0.4 is 4.90 Å². The highest BCUT2D eigenvalue weighted by Crippen LogP contribution is 2.27. The molecule has 0 unspecified atom stereocenters. The Labute approximate surface area is 121 Å². The topological polar surface area (TPSA) is 43.8 Å². The van der Waals surface area contributed by atoms with Crippen molar-refractivity contribution in [3.8, 4) is 0 Å². The van der Waals surface area contributed by atoms with E-state index in [1.165, 1.54) is 12.8 Å². The lowest BCUT2D eigenvalue weighted by atomic mass is 9.96. The van der Waals surface area contributed by atoms with E-state index in [1.54, 1.807) is 6.07 Å². The number of carboxylic acids is 1. The molecule has 0 bridgehead atoms. The van der Waals surface area contributed by atoms with Gasteiger partial charge < -0.3 is 14.9 Å². The Morgan fingerprint density at radius 2 is 2.05 bits per heavy atom. The summed E-state index contributed by atoms with van der Waals surface area (Å²) in [6.07, 6.45) is 2.38. The van der Waals surface area contributed by atoms with E-state index >= 15 is 0 Å². The Kier molecular flexibility index (Phi) is 4.65. The Morgan fingerprint density at radius 3 is 2.65 bits per heavy atom. The van der Waals surface area contributed by atoms with Gasteiger partial charge in [-0.25, -0.2) is 4.79 Å². The van der Waals surface area contributed by atoms with Crippen LogP contribution in [0, 0.1) is 12.8 Å². The lowest BCUT2D eigenvalue weighted by Crippen LogP contribution is -2.36. The van der Waals surface area contributed by atoms with Gasteiger partial charge >= 0.3 is 5.97 Å². The van der Waals surface area contributed by atoms with Crippen LogP contribution in [0.1, 0.15) is 28.8 Å². The number of rotatable bonds is 4. The van der Waals surface area contributed by atoms with E-state index in [2.05, 4.69) is 16.8 Å². The smallest absolute Gasteiger partial charge is 0.337 e. The zero-order valence-corrected chi connectivity index (χ0v) is 12.6. The summed E-state index contributed by atoms with van der Waals surface area (Å²) in [5, 5.41) is 9.35. The normalized spacial score (nSPS) is 17.1. The Morgan fingerprint density at radius 1 is 1.40 bits per heavy atom. The van der Waals surface area contributed by atoms with Crippen molar-refractivity contribution in [1.29, 1.82) is 0 Å². The third-order valence-electron chi connectivity index (χ3n) is 4.22. The molecule has 1 fully saturated rings. The summed E-state index contributed by atoms with van der Waals surface area (Å²) < 4.78 is 0. The maximum atomic E-state index is 11.4. The van der Waals surface area contributed by atoms with Gasteiger partial charge in [-0.2, -0.15) is 0 Å². The first-order valence-corrected chi connectivity index (χ1v) is 7.21. The van der Waals surface area contributed by atoms with Gasteiger partial charge in [0.2, 0.25) is 0 Å². The molecule has 20 heavy (non-hydrogen) atoms. The van der Waals surface area contributed by atoms with E-state index in [0.717, 1.165) is 30.9 Å². The molecule has 1 saturated heterocycles. The van der Waals surface area contributed by atoms with Crippen molar-refractivity contribution < 1.29 is 9.90 Å². The van der Waals surface area contributed by atoms with E-state index in [0.29, 0.717) is 11.5 Å². The molecule has 0 aromatic heterocycles. The molecule has 1 aromatic carbocycles. The first kappa shape index (κ1) is 14.9. The minimum absolute atomic E-state index is 0.403. The summed E-state index contributed by atoms with van der Waals surface area (Å²) >= 11 is 0. The third-order valence-corrected chi connectivity index (χ3v) is 4.22. The molecule has 4 heteroatoms. The van der Waals surface area contributed by atoms with Crippen LogP contribution in [-0.4, -0.2) is 49.7 Å². The average Bonchev–Trinajstić information content (AvgIpc) is 2.40. The van der Waals surface area contributed by atoms with Crippen LogP contribution in [0.3, 0.4) is 0 Å². The van der Waals surface area contributed by atoms with Crippen LogP contribution in [0.2, 0.25) is 0 Å². The number of para-hydroxylation sites is 1. The first-order valence-electron chi connectivity index (χ1n) is 7.21. The molecule has 4 nitrogen and oxygen atoms in total. The molecule has 1 aromatic rings. The predicted molar refractivity (Wildman–Crippen MR) is 81.6 cm³/mol. The molecule has 1 aliphatic rings. The number of anilines is 1. The van der Waals surface area contributed by atoms with Crippen molar-refractivity contribution in [3.63, 3.8) is 0 Å². The lowest BCUT2D eigenvalue weighted by molar-refractivity contribution is 0.0697. The van der Waals surface area contributed by atoms with Gasteiger partial charge in [0.05, 0.1) is 11.3 Å². The molecule has 110 valence electrons. The summed E-state index contributed by atoms with van der Waals surface area (Å²) in [6.45, 7) is 5.18. The number of aryl methyl sites for hydroxylation is 1. The number of piperidine rings is 1. The highest BCUT2D eigenvalue weighted by Gasteiger charge is 2.21. The van der Waals surface area contributed by atoms with Gasteiger partial charge in [0, 0.05) is 13.6 Å². The molecule has 0 radical (unpaired) electrons. The maximum absolute atomic E-state index is 11.4. The molecule has 1 aliphatic heterocycles. The summed E-state index contributed by atoms with van der Waals surface area (Å²) in [7, 11) is 4.16. The predicted octanol–water partition coefficient (Wildman–Crippen LogP) is 2.47. The summed E-state index contributed by atoms with van der Waals surface area (Å²) in [5.74, 6) is -0.198. The first-order chi connectivity index (χ1) is 9.49. The van der Waals surface area contributed by atoms with Crippen LogP contribution >= 0.6 is 0 Å². The number of nitrogens with zero attached hydrogens (tertiary/aromatic N) is 2. The Hall–Kier alpha value is -1.55.